The van der Waals surface area contributed by atoms with E-state index < -0.39 is 10.0 Å². The second-order valence-electron chi connectivity index (χ2n) is 6.00. The van der Waals surface area contributed by atoms with E-state index in [1.165, 1.54) is 22.7 Å². The van der Waals surface area contributed by atoms with Crippen LogP contribution in [-0.2, 0) is 27.8 Å². The topological polar surface area (TPSA) is 120 Å². The van der Waals surface area contributed by atoms with Crippen LogP contribution in [0.15, 0.2) is 52.1 Å². The van der Waals surface area contributed by atoms with Crippen LogP contribution >= 0.6 is 23.1 Å². The van der Waals surface area contributed by atoms with Gasteiger partial charge in [-0.15, -0.1) is 21.5 Å². The van der Waals surface area contributed by atoms with Crippen LogP contribution < -0.4 is 10.5 Å². The summed E-state index contributed by atoms with van der Waals surface area (Å²) in [6.45, 7) is 2.37. The summed E-state index contributed by atoms with van der Waals surface area (Å²) in [5.74, 6) is -0.155. The van der Waals surface area contributed by atoms with Crippen molar-refractivity contribution in [2.75, 3.05) is 11.1 Å². The quantitative estimate of drug-likeness (QED) is 0.522. The fraction of sp³-hybridized carbons (Fsp3) is 0.235. The standard InChI is InChI=1S/C17H19N5O3S3/c1-12-4-5-13(9-15(12)28(18,24)25)20-16(23)10-27-17-21-19-11-22(17)7-6-14-3-2-8-26-14/h2-5,8-9,11H,6-7,10H2,1H3,(H,20,23)(H2,18,24,25). The number of nitrogens with two attached hydrogens (primary N) is 1. The zero-order chi connectivity index (χ0) is 20.1. The Balaban J connectivity index is 1.57. The lowest BCUT2D eigenvalue weighted by Crippen LogP contribution is -2.17. The minimum Gasteiger partial charge on any atom is -0.325 e. The van der Waals surface area contributed by atoms with E-state index in [-0.39, 0.29) is 16.6 Å². The summed E-state index contributed by atoms with van der Waals surface area (Å²) in [5, 5.41) is 18.5. The van der Waals surface area contributed by atoms with Crippen molar-refractivity contribution in [1.82, 2.24) is 14.8 Å². The van der Waals surface area contributed by atoms with Gasteiger partial charge >= 0.3 is 0 Å². The highest BCUT2D eigenvalue weighted by Gasteiger charge is 2.14. The zero-order valence-corrected chi connectivity index (χ0v) is 17.5. The van der Waals surface area contributed by atoms with Crippen LogP contribution in [0.2, 0.25) is 0 Å². The number of primary sulfonamides is 1. The van der Waals surface area contributed by atoms with Gasteiger partial charge in [-0.25, -0.2) is 13.6 Å². The van der Waals surface area contributed by atoms with E-state index in [1.807, 2.05) is 16.0 Å². The lowest BCUT2D eigenvalue weighted by Gasteiger charge is -2.09. The Labute approximate surface area is 171 Å². The highest BCUT2D eigenvalue weighted by atomic mass is 32.2. The van der Waals surface area contributed by atoms with Gasteiger partial charge < -0.3 is 9.88 Å². The molecule has 0 radical (unpaired) electrons. The molecule has 0 bridgehead atoms. The lowest BCUT2D eigenvalue weighted by molar-refractivity contribution is -0.113. The van der Waals surface area contributed by atoms with E-state index in [0.29, 0.717) is 16.4 Å². The number of amides is 1. The van der Waals surface area contributed by atoms with E-state index in [1.54, 1.807) is 36.7 Å². The van der Waals surface area contributed by atoms with E-state index in [2.05, 4.69) is 21.6 Å². The molecule has 0 aliphatic carbocycles. The number of carbonyl (C=O) groups is 1. The summed E-state index contributed by atoms with van der Waals surface area (Å²) < 4.78 is 25.1. The smallest absolute Gasteiger partial charge is 0.238 e. The molecule has 0 saturated carbocycles. The average Bonchev–Trinajstić information content (AvgIpc) is 3.30. The number of nitrogens with one attached hydrogen (secondary N) is 1. The van der Waals surface area contributed by atoms with E-state index in [9.17, 15) is 13.2 Å². The van der Waals surface area contributed by atoms with Gasteiger partial charge in [0.25, 0.3) is 0 Å². The molecule has 0 unspecified atom stereocenters. The highest BCUT2D eigenvalue weighted by Crippen LogP contribution is 2.20. The molecule has 0 aliphatic heterocycles. The molecule has 1 amide bonds. The van der Waals surface area contributed by atoms with E-state index in [4.69, 9.17) is 5.14 Å². The Bertz CT molecular complexity index is 1060. The van der Waals surface area contributed by atoms with Gasteiger partial charge in [0.2, 0.25) is 15.9 Å². The minimum absolute atomic E-state index is 0.00808. The van der Waals surface area contributed by atoms with Gasteiger partial charge in [0.15, 0.2) is 5.16 Å². The van der Waals surface area contributed by atoms with Gasteiger partial charge in [0.1, 0.15) is 6.33 Å². The van der Waals surface area contributed by atoms with E-state index in [0.717, 1.165) is 13.0 Å². The average molecular weight is 438 g/mol. The molecule has 28 heavy (non-hydrogen) atoms. The zero-order valence-electron chi connectivity index (χ0n) is 15.0. The number of thiophene rings is 1. The number of carbonyl (C=O) groups excluding carboxylic acids is 1. The van der Waals surface area contributed by atoms with Crippen LogP contribution in [0.25, 0.3) is 0 Å². The lowest BCUT2D eigenvalue weighted by atomic mass is 10.2. The van der Waals surface area contributed by atoms with Crippen LogP contribution in [0.1, 0.15) is 10.4 Å². The minimum atomic E-state index is -3.85. The predicted octanol–water partition coefficient (Wildman–Crippen LogP) is 2.27. The summed E-state index contributed by atoms with van der Waals surface area (Å²) in [5.41, 5.74) is 0.896. The third kappa shape index (κ3) is 5.41. The van der Waals surface area contributed by atoms with Crippen molar-refractivity contribution in [2.24, 2.45) is 5.14 Å². The first-order valence-corrected chi connectivity index (χ1v) is 11.7. The van der Waals surface area contributed by atoms with Crippen LogP contribution in [0.5, 0.6) is 0 Å². The third-order valence-electron chi connectivity index (χ3n) is 3.87. The molecule has 2 heterocycles. The van der Waals surface area contributed by atoms with Gasteiger partial charge in [-0.1, -0.05) is 23.9 Å². The third-order valence-corrected chi connectivity index (χ3v) is 6.84. The summed E-state index contributed by atoms with van der Waals surface area (Å²) in [6, 6.07) is 8.68. The number of aryl methyl sites for hydroxylation is 3. The van der Waals surface area contributed by atoms with Crippen LogP contribution in [0, 0.1) is 6.92 Å². The molecule has 3 N–H and O–H groups in total. The second kappa shape index (κ2) is 8.86. The van der Waals surface area contributed by atoms with Crippen LogP contribution in [0.3, 0.4) is 0 Å². The fourth-order valence-corrected chi connectivity index (χ4v) is 4.75. The normalized spacial score (nSPS) is 11.5. The first-order chi connectivity index (χ1) is 13.3. The molecule has 3 rings (SSSR count). The molecule has 148 valence electrons. The van der Waals surface area contributed by atoms with Crippen molar-refractivity contribution in [2.45, 2.75) is 29.9 Å². The molecular formula is C17H19N5O3S3. The van der Waals surface area contributed by atoms with Crippen molar-refractivity contribution in [3.63, 3.8) is 0 Å². The van der Waals surface area contributed by atoms with Crippen molar-refractivity contribution in [3.8, 4) is 0 Å². The van der Waals surface area contributed by atoms with Crippen molar-refractivity contribution in [1.29, 1.82) is 0 Å². The number of rotatable bonds is 8. The molecule has 2 aromatic heterocycles. The maximum absolute atomic E-state index is 12.2. The van der Waals surface area contributed by atoms with Crippen LogP contribution in [0.4, 0.5) is 5.69 Å². The Kier molecular flexibility index (Phi) is 6.50. The fourth-order valence-electron chi connectivity index (χ4n) is 2.51. The Hall–Kier alpha value is -2.21. The number of anilines is 1. The largest absolute Gasteiger partial charge is 0.325 e. The predicted molar refractivity (Wildman–Crippen MR) is 110 cm³/mol. The Morgan fingerprint density at radius 1 is 1.36 bits per heavy atom. The SMILES string of the molecule is Cc1ccc(NC(=O)CSc2nncn2CCc2cccs2)cc1S(N)(=O)=O. The van der Waals surface area contributed by atoms with Crippen molar-refractivity contribution < 1.29 is 13.2 Å². The highest BCUT2D eigenvalue weighted by molar-refractivity contribution is 7.99. The van der Waals surface area contributed by atoms with Crippen LogP contribution in [-0.4, -0.2) is 34.8 Å². The number of benzene rings is 1. The maximum atomic E-state index is 12.2. The number of thioether (sulfide) groups is 1. The summed E-state index contributed by atoms with van der Waals surface area (Å²) >= 11 is 2.97. The Morgan fingerprint density at radius 2 is 2.18 bits per heavy atom. The molecule has 0 saturated heterocycles. The number of nitrogens with zero attached hydrogens (tertiary/aromatic N) is 3. The molecule has 0 spiro atoms. The monoisotopic (exact) mass is 437 g/mol. The Morgan fingerprint density at radius 3 is 2.89 bits per heavy atom. The first-order valence-electron chi connectivity index (χ1n) is 8.29. The van der Waals surface area contributed by atoms with Gasteiger partial charge in [-0.2, -0.15) is 0 Å². The van der Waals surface area contributed by atoms with E-state index >= 15 is 0 Å². The van der Waals surface area contributed by atoms with Gasteiger partial charge in [-0.05, 0) is 42.5 Å². The molecular weight excluding hydrogens is 418 g/mol. The maximum Gasteiger partial charge on any atom is 0.238 e. The number of aromatic nitrogens is 3. The first kappa shape index (κ1) is 20.5. The van der Waals surface area contributed by atoms with Gasteiger partial charge in [0.05, 0.1) is 10.6 Å². The number of sulfonamides is 1. The van der Waals surface area contributed by atoms with Crippen molar-refractivity contribution in [3.05, 3.63) is 52.5 Å². The summed E-state index contributed by atoms with van der Waals surface area (Å²) in [4.78, 5) is 13.5. The summed E-state index contributed by atoms with van der Waals surface area (Å²) in [7, 11) is -3.85. The molecule has 0 fully saturated rings. The molecule has 1 aromatic carbocycles. The molecule has 8 nitrogen and oxygen atoms in total. The molecule has 0 aliphatic rings. The number of hydrogen-bond acceptors (Lipinski definition) is 7. The molecule has 11 heteroatoms. The molecule has 3 aromatic rings. The van der Waals surface area contributed by atoms with Gasteiger partial charge in [-0.3, -0.25) is 4.79 Å². The summed E-state index contributed by atoms with van der Waals surface area (Å²) in [6.07, 6.45) is 2.52. The number of hydrogen-bond donors (Lipinski definition) is 2. The van der Waals surface area contributed by atoms with Gasteiger partial charge in [0, 0.05) is 17.1 Å². The molecule has 0 atom stereocenters. The van der Waals surface area contributed by atoms with Crippen molar-refractivity contribution >= 4 is 44.7 Å². The second-order valence-corrected chi connectivity index (χ2v) is 9.50.